The van der Waals surface area contributed by atoms with E-state index >= 15 is 0 Å². The zero-order chi connectivity index (χ0) is 14.6. The molecular formula is C12H14ClFN2O2S. The van der Waals surface area contributed by atoms with E-state index in [1.54, 1.807) is 6.92 Å². The van der Waals surface area contributed by atoms with E-state index in [-0.39, 0.29) is 23.8 Å². The molecule has 0 amide bonds. The predicted octanol–water partition coefficient (Wildman–Crippen LogP) is 2.10. The summed E-state index contributed by atoms with van der Waals surface area (Å²) in [5.74, 6) is 1.22. The van der Waals surface area contributed by atoms with Gasteiger partial charge in [0.1, 0.15) is 4.90 Å². The van der Waals surface area contributed by atoms with E-state index in [1.807, 2.05) is 0 Å². The summed E-state index contributed by atoms with van der Waals surface area (Å²) in [4.78, 5) is -0.554. The molecule has 0 radical (unpaired) electrons. The Labute approximate surface area is 117 Å². The number of benzene rings is 1. The van der Waals surface area contributed by atoms with Crippen LogP contribution in [0.1, 0.15) is 13.3 Å². The van der Waals surface area contributed by atoms with Crippen molar-refractivity contribution in [2.45, 2.75) is 18.2 Å². The van der Waals surface area contributed by atoms with Gasteiger partial charge in [-0.05, 0) is 18.6 Å². The number of nitrogens with zero attached hydrogens (tertiary/aromatic N) is 1. The van der Waals surface area contributed by atoms with Crippen LogP contribution in [0.15, 0.2) is 17.0 Å². The lowest BCUT2D eigenvalue weighted by Crippen LogP contribution is -2.33. The molecule has 4 nitrogen and oxygen atoms in total. The second-order valence-electron chi connectivity index (χ2n) is 3.86. The van der Waals surface area contributed by atoms with Crippen LogP contribution in [0.3, 0.4) is 0 Å². The van der Waals surface area contributed by atoms with E-state index in [4.69, 9.17) is 23.8 Å². The molecule has 0 aliphatic rings. The van der Waals surface area contributed by atoms with Crippen molar-refractivity contribution >= 4 is 27.3 Å². The number of rotatable bonds is 5. The van der Waals surface area contributed by atoms with Crippen LogP contribution in [0, 0.1) is 18.2 Å². The van der Waals surface area contributed by atoms with E-state index in [0.29, 0.717) is 6.42 Å². The smallest absolute Gasteiger partial charge is 0.246 e. The third-order valence-corrected chi connectivity index (χ3v) is 4.50. The Morgan fingerprint density at radius 2 is 2.16 bits per heavy atom. The van der Waals surface area contributed by atoms with Crippen molar-refractivity contribution < 1.29 is 12.8 Å². The van der Waals surface area contributed by atoms with E-state index in [2.05, 4.69) is 5.92 Å². The average molecular weight is 305 g/mol. The summed E-state index contributed by atoms with van der Waals surface area (Å²) in [5, 5.41) is -0.337. The van der Waals surface area contributed by atoms with Gasteiger partial charge in [0.25, 0.3) is 0 Å². The summed E-state index contributed by atoms with van der Waals surface area (Å²) in [7, 11) is -4.05. The van der Waals surface area contributed by atoms with Gasteiger partial charge in [-0.2, -0.15) is 4.31 Å². The first-order chi connectivity index (χ1) is 8.84. The molecule has 0 aliphatic carbocycles. The van der Waals surface area contributed by atoms with Crippen molar-refractivity contribution in [1.29, 1.82) is 0 Å². The van der Waals surface area contributed by atoms with Crippen molar-refractivity contribution in [1.82, 2.24) is 4.31 Å². The minimum Gasteiger partial charge on any atom is -0.399 e. The average Bonchev–Trinajstić information content (AvgIpc) is 2.33. The molecule has 19 heavy (non-hydrogen) atoms. The van der Waals surface area contributed by atoms with Crippen LogP contribution in [0.5, 0.6) is 0 Å². The number of sulfonamides is 1. The number of hydrogen-bond acceptors (Lipinski definition) is 3. The van der Waals surface area contributed by atoms with E-state index in [1.165, 1.54) is 0 Å². The molecule has 1 aromatic carbocycles. The molecule has 1 aromatic rings. The number of hydrogen-bond donors (Lipinski definition) is 1. The van der Waals surface area contributed by atoms with Gasteiger partial charge in [-0.3, -0.25) is 0 Å². The monoisotopic (exact) mass is 304 g/mol. The van der Waals surface area contributed by atoms with Crippen molar-refractivity contribution in [3.8, 4) is 12.3 Å². The molecule has 0 fully saturated rings. The van der Waals surface area contributed by atoms with Crippen LogP contribution >= 0.6 is 11.6 Å². The van der Waals surface area contributed by atoms with Crippen molar-refractivity contribution in [3.05, 3.63) is 23.0 Å². The summed E-state index contributed by atoms with van der Waals surface area (Å²) in [6.07, 6.45) is 5.69. The van der Waals surface area contributed by atoms with Gasteiger partial charge < -0.3 is 5.73 Å². The largest absolute Gasteiger partial charge is 0.399 e. The lowest BCUT2D eigenvalue weighted by molar-refractivity contribution is 0.440. The van der Waals surface area contributed by atoms with Crippen molar-refractivity contribution in [3.63, 3.8) is 0 Å². The van der Waals surface area contributed by atoms with Gasteiger partial charge in [-0.25, -0.2) is 12.8 Å². The van der Waals surface area contributed by atoms with Crippen LogP contribution in [0.25, 0.3) is 0 Å². The fraction of sp³-hybridized carbons (Fsp3) is 0.333. The molecule has 7 heteroatoms. The molecule has 0 unspecified atom stereocenters. The lowest BCUT2D eigenvalue weighted by atomic mass is 10.3. The van der Waals surface area contributed by atoms with Crippen LogP contribution in [0.2, 0.25) is 5.02 Å². The summed E-state index contributed by atoms with van der Waals surface area (Å²) in [6, 6.07) is 2.19. The standard InChI is InChI=1S/C12H14ClFN2O2S/c1-3-5-16(6-4-2)19(17,18)11-8-9(15)7-10(13)12(11)14/h1,7-8H,4-6,15H2,2H3. The topological polar surface area (TPSA) is 63.4 Å². The first-order valence-corrected chi connectivity index (χ1v) is 7.34. The number of nitrogens with two attached hydrogens (primary N) is 1. The molecular weight excluding hydrogens is 291 g/mol. The molecule has 0 spiro atoms. The second kappa shape index (κ2) is 6.24. The highest BCUT2D eigenvalue weighted by Gasteiger charge is 2.28. The minimum atomic E-state index is -4.05. The molecule has 0 heterocycles. The van der Waals surface area contributed by atoms with Crippen LogP contribution in [-0.4, -0.2) is 25.8 Å². The third kappa shape index (κ3) is 3.38. The van der Waals surface area contributed by atoms with Gasteiger partial charge >= 0.3 is 0 Å². The van der Waals surface area contributed by atoms with Crippen molar-refractivity contribution in [2.75, 3.05) is 18.8 Å². The Balaban J connectivity index is 3.37. The first kappa shape index (κ1) is 15.8. The molecule has 0 saturated heterocycles. The van der Waals surface area contributed by atoms with E-state index < -0.39 is 20.7 Å². The summed E-state index contributed by atoms with van der Waals surface area (Å²) in [6.45, 7) is 1.85. The molecule has 104 valence electrons. The summed E-state index contributed by atoms with van der Waals surface area (Å²) < 4.78 is 39.5. The number of nitrogen functional groups attached to an aromatic ring is 1. The number of anilines is 1. The molecule has 1 rings (SSSR count). The second-order valence-corrected chi connectivity index (χ2v) is 6.17. The van der Waals surface area contributed by atoms with Crippen LogP contribution in [0.4, 0.5) is 10.1 Å². The Kier molecular flexibility index (Phi) is 5.18. The highest BCUT2D eigenvalue weighted by atomic mass is 35.5. The Morgan fingerprint density at radius 1 is 1.53 bits per heavy atom. The maximum absolute atomic E-state index is 13.9. The molecule has 0 atom stereocenters. The zero-order valence-electron chi connectivity index (χ0n) is 10.4. The van der Waals surface area contributed by atoms with E-state index in [0.717, 1.165) is 16.4 Å². The van der Waals surface area contributed by atoms with Gasteiger partial charge in [-0.15, -0.1) is 6.42 Å². The SMILES string of the molecule is C#CCN(CCC)S(=O)(=O)c1cc(N)cc(Cl)c1F. The van der Waals surface area contributed by atoms with Crippen molar-refractivity contribution in [2.24, 2.45) is 0 Å². The highest BCUT2D eigenvalue weighted by Crippen LogP contribution is 2.27. The first-order valence-electron chi connectivity index (χ1n) is 5.52. The van der Waals surface area contributed by atoms with Crippen LogP contribution in [-0.2, 0) is 10.0 Å². The number of terminal acetylenes is 1. The summed E-state index contributed by atoms with van der Waals surface area (Å²) in [5.41, 5.74) is 5.57. The Bertz CT molecular complexity index is 611. The zero-order valence-corrected chi connectivity index (χ0v) is 11.9. The fourth-order valence-electron chi connectivity index (χ4n) is 1.55. The quantitative estimate of drug-likeness (QED) is 0.669. The van der Waals surface area contributed by atoms with Crippen LogP contribution < -0.4 is 5.73 Å². The van der Waals surface area contributed by atoms with Gasteiger partial charge in [-0.1, -0.05) is 24.4 Å². The Morgan fingerprint density at radius 3 is 2.68 bits per heavy atom. The van der Waals surface area contributed by atoms with E-state index in [9.17, 15) is 12.8 Å². The molecule has 0 aliphatic heterocycles. The minimum absolute atomic E-state index is 0.0714. The third-order valence-electron chi connectivity index (χ3n) is 2.38. The Hall–Kier alpha value is -1.29. The molecule has 0 bridgehead atoms. The molecule has 0 aromatic heterocycles. The molecule has 0 saturated carbocycles. The van der Waals surface area contributed by atoms with Gasteiger partial charge in [0.2, 0.25) is 10.0 Å². The summed E-state index contributed by atoms with van der Waals surface area (Å²) >= 11 is 5.61. The van der Waals surface area contributed by atoms with Gasteiger partial charge in [0, 0.05) is 12.2 Å². The number of halogens is 2. The lowest BCUT2D eigenvalue weighted by Gasteiger charge is -2.20. The van der Waals surface area contributed by atoms with Gasteiger partial charge in [0.15, 0.2) is 5.82 Å². The maximum atomic E-state index is 13.9. The highest BCUT2D eigenvalue weighted by molar-refractivity contribution is 7.89. The fourth-order valence-corrected chi connectivity index (χ4v) is 3.40. The predicted molar refractivity (Wildman–Crippen MR) is 73.7 cm³/mol. The normalized spacial score (nSPS) is 11.5. The molecule has 2 N–H and O–H groups in total. The maximum Gasteiger partial charge on any atom is 0.246 e. The van der Waals surface area contributed by atoms with Gasteiger partial charge in [0.05, 0.1) is 11.6 Å².